The van der Waals surface area contributed by atoms with E-state index in [2.05, 4.69) is 20.9 Å². The van der Waals surface area contributed by atoms with Gasteiger partial charge in [-0.3, -0.25) is 4.98 Å². The molecule has 3 nitrogen and oxygen atoms in total. The topological polar surface area (TPSA) is 48.1 Å². The maximum atomic E-state index is 5.85. The first-order chi connectivity index (χ1) is 7.66. The lowest BCUT2D eigenvalue weighted by Gasteiger charge is -2.10. The Kier molecular flexibility index (Phi) is 3.68. The Labute approximate surface area is 110 Å². The number of rotatable bonds is 3. The fourth-order valence-corrected chi connectivity index (χ4v) is 2.64. The van der Waals surface area contributed by atoms with Crippen LogP contribution in [0.15, 0.2) is 28.3 Å². The minimum Gasteiger partial charge on any atom is -0.485 e. The maximum absolute atomic E-state index is 5.85. The summed E-state index contributed by atoms with van der Waals surface area (Å²) in [6, 6.07) is 3.41. The van der Waals surface area contributed by atoms with Gasteiger partial charge in [0, 0.05) is 11.2 Å². The molecule has 0 aliphatic carbocycles. The molecule has 0 aliphatic heterocycles. The molecule has 0 amide bonds. The predicted octanol–water partition coefficient (Wildman–Crippen LogP) is 3.72. The molecule has 0 bridgehead atoms. The van der Waals surface area contributed by atoms with Crippen LogP contribution in [0.2, 0.25) is 5.02 Å². The van der Waals surface area contributed by atoms with E-state index in [9.17, 15) is 0 Å². The van der Waals surface area contributed by atoms with Crippen molar-refractivity contribution >= 4 is 44.6 Å². The minimum absolute atomic E-state index is 0.453. The molecule has 84 valence electrons. The van der Waals surface area contributed by atoms with Crippen molar-refractivity contribution in [2.24, 2.45) is 0 Å². The Morgan fingerprint density at radius 1 is 1.50 bits per heavy atom. The van der Waals surface area contributed by atoms with Gasteiger partial charge in [-0.25, -0.2) is 0 Å². The largest absolute Gasteiger partial charge is 0.485 e. The standard InChI is InChI=1S/C10H8BrClN2OS/c11-8-1-6(12)2-9(13)10(8)15-4-7-3-14-5-16-7/h1-3,5H,4,13H2. The summed E-state index contributed by atoms with van der Waals surface area (Å²) in [6.45, 7) is 0.453. The van der Waals surface area contributed by atoms with Gasteiger partial charge < -0.3 is 10.5 Å². The Bertz CT molecular complexity index is 467. The molecule has 0 atom stereocenters. The molecule has 6 heteroatoms. The van der Waals surface area contributed by atoms with E-state index < -0.39 is 0 Å². The molecular weight excluding hydrogens is 312 g/mol. The van der Waals surface area contributed by atoms with Crippen LogP contribution in [-0.2, 0) is 6.61 Å². The van der Waals surface area contributed by atoms with Gasteiger partial charge in [0.05, 0.1) is 20.5 Å². The van der Waals surface area contributed by atoms with Crippen molar-refractivity contribution in [1.29, 1.82) is 0 Å². The number of nitrogens with zero attached hydrogens (tertiary/aromatic N) is 1. The molecule has 0 saturated heterocycles. The van der Waals surface area contributed by atoms with E-state index in [0.717, 1.165) is 9.35 Å². The van der Waals surface area contributed by atoms with Gasteiger partial charge in [-0.2, -0.15) is 0 Å². The number of halogens is 2. The van der Waals surface area contributed by atoms with Gasteiger partial charge in [0.1, 0.15) is 6.61 Å². The molecule has 2 aromatic rings. The lowest BCUT2D eigenvalue weighted by atomic mass is 10.3. The van der Waals surface area contributed by atoms with Crippen LogP contribution in [0, 0.1) is 0 Å². The lowest BCUT2D eigenvalue weighted by Crippen LogP contribution is -1.98. The van der Waals surface area contributed by atoms with Crippen molar-refractivity contribution in [3.63, 3.8) is 0 Å². The smallest absolute Gasteiger partial charge is 0.157 e. The number of aromatic nitrogens is 1. The summed E-state index contributed by atoms with van der Waals surface area (Å²) in [5, 5.41) is 0.578. The molecule has 0 spiro atoms. The Morgan fingerprint density at radius 3 is 2.94 bits per heavy atom. The second-order valence-corrected chi connectivity index (χ2v) is 5.32. The van der Waals surface area contributed by atoms with Crippen molar-refractivity contribution in [2.45, 2.75) is 6.61 Å². The molecule has 1 aromatic carbocycles. The van der Waals surface area contributed by atoms with Crippen LogP contribution in [-0.4, -0.2) is 4.98 Å². The molecule has 16 heavy (non-hydrogen) atoms. The van der Waals surface area contributed by atoms with Crippen LogP contribution in [0.1, 0.15) is 4.88 Å². The molecule has 0 unspecified atom stereocenters. The first kappa shape index (κ1) is 11.7. The monoisotopic (exact) mass is 318 g/mol. The molecule has 2 rings (SSSR count). The van der Waals surface area contributed by atoms with Crippen LogP contribution in [0.3, 0.4) is 0 Å². The molecule has 0 radical (unpaired) electrons. The highest BCUT2D eigenvalue weighted by Gasteiger charge is 2.08. The normalized spacial score (nSPS) is 10.4. The fraction of sp³-hybridized carbons (Fsp3) is 0.100. The maximum Gasteiger partial charge on any atom is 0.157 e. The molecule has 1 heterocycles. The van der Waals surface area contributed by atoms with Crippen LogP contribution in [0.4, 0.5) is 5.69 Å². The zero-order chi connectivity index (χ0) is 11.5. The summed E-state index contributed by atoms with van der Waals surface area (Å²) in [5.41, 5.74) is 8.09. The number of ether oxygens (including phenoxy) is 1. The second kappa shape index (κ2) is 5.03. The molecular formula is C10H8BrClN2OS. The van der Waals surface area contributed by atoms with Crippen molar-refractivity contribution < 1.29 is 4.74 Å². The van der Waals surface area contributed by atoms with E-state index in [1.165, 1.54) is 11.3 Å². The van der Waals surface area contributed by atoms with Crippen LogP contribution in [0.25, 0.3) is 0 Å². The number of hydrogen-bond donors (Lipinski definition) is 1. The molecule has 0 fully saturated rings. The van der Waals surface area contributed by atoms with Gasteiger partial charge in [0.25, 0.3) is 0 Å². The number of benzene rings is 1. The van der Waals surface area contributed by atoms with Crippen LogP contribution in [0.5, 0.6) is 5.75 Å². The number of anilines is 1. The summed E-state index contributed by atoms with van der Waals surface area (Å²) < 4.78 is 6.36. The minimum atomic E-state index is 0.453. The van der Waals surface area contributed by atoms with E-state index in [1.54, 1.807) is 23.8 Å². The highest BCUT2D eigenvalue weighted by molar-refractivity contribution is 9.10. The average molecular weight is 320 g/mol. The Balaban J connectivity index is 2.15. The van der Waals surface area contributed by atoms with E-state index >= 15 is 0 Å². The Morgan fingerprint density at radius 2 is 2.31 bits per heavy atom. The molecule has 0 saturated carbocycles. The number of nitrogen functional groups attached to an aromatic ring is 1. The summed E-state index contributed by atoms with van der Waals surface area (Å²) in [5.74, 6) is 0.609. The third-order valence-corrected chi connectivity index (χ3v) is 3.44. The van der Waals surface area contributed by atoms with Gasteiger partial charge in [-0.05, 0) is 28.1 Å². The number of thiazole rings is 1. The fourth-order valence-electron chi connectivity index (χ4n) is 1.19. The summed E-state index contributed by atoms with van der Waals surface area (Å²) in [7, 11) is 0. The summed E-state index contributed by atoms with van der Waals surface area (Å²) >= 11 is 10.7. The van der Waals surface area contributed by atoms with Gasteiger partial charge in [0.2, 0.25) is 0 Å². The second-order valence-electron chi connectivity index (χ2n) is 3.06. The average Bonchev–Trinajstić information content (AvgIpc) is 2.68. The predicted molar refractivity (Wildman–Crippen MR) is 70.0 cm³/mol. The SMILES string of the molecule is Nc1cc(Cl)cc(Br)c1OCc1cncs1. The van der Waals surface area contributed by atoms with E-state index in [1.807, 2.05) is 0 Å². The highest BCUT2D eigenvalue weighted by Crippen LogP contribution is 2.35. The van der Waals surface area contributed by atoms with Crippen molar-refractivity contribution in [3.05, 3.63) is 38.2 Å². The van der Waals surface area contributed by atoms with Crippen LogP contribution < -0.4 is 10.5 Å². The highest BCUT2D eigenvalue weighted by atomic mass is 79.9. The van der Waals surface area contributed by atoms with E-state index in [4.69, 9.17) is 22.1 Å². The van der Waals surface area contributed by atoms with Crippen LogP contribution >= 0.6 is 38.9 Å². The quantitative estimate of drug-likeness (QED) is 0.877. The molecule has 0 aliphatic rings. The zero-order valence-electron chi connectivity index (χ0n) is 8.11. The third-order valence-electron chi connectivity index (χ3n) is 1.88. The van der Waals surface area contributed by atoms with E-state index in [-0.39, 0.29) is 0 Å². The lowest BCUT2D eigenvalue weighted by molar-refractivity contribution is 0.309. The third kappa shape index (κ3) is 2.66. The molecule has 1 aromatic heterocycles. The van der Waals surface area contributed by atoms with Crippen molar-refractivity contribution in [2.75, 3.05) is 5.73 Å². The summed E-state index contributed by atoms with van der Waals surface area (Å²) in [4.78, 5) is 5.01. The zero-order valence-corrected chi connectivity index (χ0v) is 11.3. The summed E-state index contributed by atoms with van der Waals surface area (Å²) in [6.07, 6.45) is 1.77. The first-order valence-electron chi connectivity index (χ1n) is 4.41. The number of hydrogen-bond acceptors (Lipinski definition) is 4. The number of nitrogens with two attached hydrogens (primary N) is 1. The molecule has 2 N–H and O–H groups in total. The first-order valence-corrected chi connectivity index (χ1v) is 6.46. The van der Waals surface area contributed by atoms with Crippen molar-refractivity contribution in [3.8, 4) is 5.75 Å². The van der Waals surface area contributed by atoms with Gasteiger partial charge >= 0.3 is 0 Å². The van der Waals surface area contributed by atoms with E-state index in [0.29, 0.717) is 23.1 Å². The Hall–Kier alpha value is -0.780. The van der Waals surface area contributed by atoms with Gasteiger partial charge in [-0.15, -0.1) is 11.3 Å². The van der Waals surface area contributed by atoms with Crippen molar-refractivity contribution in [1.82, 2.24) is 4.98 Å². The van der Waals surface area contributed by atoms with Gasteiger partial charge in [0.15, 0.2) is 5.75 Å². The van der Waals surface area contributed by atoms with Gasteiger partial charge in [-0.1, -0.05) is 11.6 Å².